The van der Waals surface area contributed by atoms with Crippen LogP contribution in [0.1, 0.15) is 20.3 Å². The second kappa shape index (κ2) is 8.19. The maximum atomic E-state index is 12.4. The van der Waals surface area contributed by atoms with Gasteiger partial charge in [0.05, 0.1) is 19.3 Å². The van der Waals surface area contributed by atoms with Crippen LogP contribution in [-0.4, -0.2) is 79.4 Å². The van der Waals surface area contributed by atoms with Gasteiger partial charge in [-0.1, -0.05) is 6.92 Å². The minimum absolute atomic E-state index is 0.00236. The molecule has 0 saturated carbocycles. The summed E-state index contributed by atoms with van der Waals surface area (Å²) in [5, 5.41) is 12.2. The standard InChI is InChI=1S/C14H27N3O4/c1-5-6-17(12-9-21-8-11(12)13(18)19)14(20)15-10(2)7-16(3)4/h10-12H,5-9H2,1-4H3,(H,15,20)(H,18,19). The highest BCUT2D eigenvalue weighted by Crippen LogP contribution is 2.20. The van der Waals surface area contributed by atoms with Crippen LogP contribution in [0.15, 0.2) is 0 Å². The van der Waals surface area contributed by atoms with Crippen LogP contribution in [0.2, 0.25) is 0 Å². The summed E-state index contributed by atoms with van der Waals surface area (Å²) in [6.45, 7) is 5.61. The van der Waals surface area contributed by atoms with Crippen LogP contribution in [-0.2, 0) is 9.53 Å². The van der Waals surface area contributed by atoms with Crippen molar-refractivity contribution in [1.29, 1.82) is 0 Å². The number of likely N-dealkylation sites (N-methyl/N-ethyl adjacent to an activating group) is 1. The summed E-state index contributed by atoms with van der Waals surface area (Å²) in [5.74, 6) is -1.56. The van der Waals surface area contributed by atoms with Gasteiger partial charge < -0.3 is 25.0 Å². The van der Waals surface area contributed by atoms with E-state index >= 15 is 0 Å². The quantitative estimate of drug-likeness (QED) is 0.714. The zero-order chi connectivity index (χ0) is 16.0. The number of rotatable bonds is 7. The number of carbonyl (C=O) groups excluding carboxylic acids is 1. The van der Waals surface area contributed by atoms with E-state index in [1.54, 1.807) is 4.90 Å². The summed E-state index contributed by atoms with van der Waals surface area (Å²) < 4.78 is 5.27. The highest BCUT2D eigenvalue weighted by molar-refractivity contribution is 5.77. The molecule has 2 amide bonds. The molecule has 1 rings (SSSR count). The lowest BCUT2D eigenvalue weighted by Gasteiger charge is -2.32. The zero-order valence-electron chi connectivity index (χ0n) is 13.3. The van der Waals surface area contributed by atoms with Crippen molar-refractivity contribution in [2.75, 3.05) is 40.4 Å². The number of urea groups is 1. The monoisotopic (exact) mass is 301 g/mol. The van der Waals surface area contributed by atoms with E-state index in [9.17, 15) is 14.7 Å². The molecule has 0 spiro atoms. The normalized spacial score (nSPS) is 23.1. The number of carboxylic acids is 1. The van der Waals surface area contributed by atoms with Gasteiger partial charge in [-0.2, -0.15) is 0 Å². The molecule has 0 radical (unpaired) electrons. The minimum Gasteiger partial charge on any atom is -0.481 e. The molecule has 0 aliphatic carbocycles. The lowest BCUT2D eigenvalue weighted by molar-refractivity contribution is -0.142. The van der Waals surface area contributed by atoms with Gasteiger partial charge in [-0.15, -0.1) is 0 Å². The molecular formula is C14H27N3O4. The average Bonchev–Trinajstić information content (AvgIpc) is 2.83. The number of ether oxygens (including phenoxy) is 1. The van der Waals surface area contributed by atoms with Crippen molar-refractivity contribution in [1.82, 2.24) is 15.1 Å². The van der Waals surface area contributed by atoms with Gasteiger partial charge in [0.15, 0.2) is 0 Å². The van der Waals surface area contributed by atoms with Crippen LogP contribution in [0.25, 0.3) is 0 Å². The number of hydrogen-bond acceptors (Lipinski definition) is 4. The second-order valence-electron chi connectivity index (χ2n) is 5.86. The molecule has 0 bridgehead atoms. The SMILES string of the molecule is CCCN(C(=O)NC(C)CN(C)C)C1COCC1C(=O)O. The molecule has 7 heteroatoms. The average molecular weight is 301 g/mol. The van der Waals surface area contributed by atoms with Crippen LogP contribution in [0, 0.1) is 5.92 Å². The summed E-state index contributed by atoms with van der Waals surface area (Å²) in [5.41, 5.74) is 0. The fraction of sp³-hybridized carbons (Fsp3) is 0.857. The topological polar surface area (TPSA) is 82.1 Å². The Morgan fingerprint density at radius 2 is 2.05 bits per heavy atom. The van der Waals surface area contributed by atoms with E-state index in [-0.39, 0.29) is 25.3 Å². The zero-order valence-corrected chi connectivity index (χ0v) is 13.3. The molecule has 1 aliphatic heterocycles. The van der Waals surface area contributed by atoms with Crippen LogP contribution < -0.4 is 5.32 Å². The molecular weight excluding hydrogens is 274 g/mol. The number of carboxylic acid groups (broad SMARTS) is 1. The van der Waals surface area contributed by atoms with E-state index in [4.69, 9.17) is 4.74 Å². The van der Waals surface area contributed by atoms with Crippen LogP contribution in [0.5, 0.6) is 0 Å². The lowest BCUT2D eigenvalue weighted by atomic mass is 10.0. The van der Waals surface area contributed by atoms with Gasteiger partial charge in [0, 0.05) is 19.1 Å². The van der Waals surface area contributed by atoms with Crippen molar-refractivity contribution in [3.05, 3.63) is 0 Å². The molecule has 122 valence electrons. The largest absolute Gasteiger partial charge is 0.481 e. The number of hydrogen-bond donors (Lipinski definition) is 2. The minimum atomic E-state index is -0.909. The molecule has 21 heavy (non-hydrogen) atoms. The molecule has 3 atom stereocenters. The number of amides is 2. The predicted octanol–water partition coefficient (Wildman–Crippen LogP) is 0.458. The van der Waals surface area contributed by atoms with Crippen molar-refractivity contribution in [3.8, 4) is 0 Å². The number of aliphatic carboxylic acids is 1. The van der Waals surface area contributed by atoms with Gasteiger partial charge in [-0.25, -0.2) is 4.79 Å². The number of carbonyl (C=O) groups is 2. The maximum Gasteiger partial charge on any atom is 0.318 e. The fourth-order valence-electron chi connectivity index (χ4n) is 2.63. The Labute approximate surface area is 126 Å². The van der Waals surface area contributed by atoms with Gasteiger partial charge in [0.1, 0.15) is 5.92 Å². The maximum absolute atomic E-state index is 12.4. The molecule has 0 aromatic carbocycles. The summed E-state index contributed by atoms with van der Waals surface area (Å²) in [6, 6.07) is -0.612. The van der Waals surface area contributed by atoms with E-state index in [1.165, 1.54) is 0 Å². The van der Waals surface area contributed by atoms with Crippen LogP contribution in [0.3, 0.4) is 0 Å². The van der Waals surface area contributed by atoms with E-state index in [0.29, 0.717) is 6.54 Å². The number of nitrogens with one attached hydrogen (secondary N) is 1. The highest BCUT2D eigenvalue weighted by atomic mass is 16.5. The molecule has 1 saturated heterocycles. The van der Waals surface area contributed by atoms with Gasteiger partial charge in [0.2, 0.25) is 0 Å². The third kappa shape index (κ3) is 5.17. The molecule has 3 unspecified atom stereocenters. The van der Waals surface area contributed by atoms with Gasteiger partial charge in [-0.3, -0.25) is 4.79 Å². The second-order valence-corrected chi connectivity index (χ2v) is 5.86. The molecule has 2 N–H and O–H groups in total. The molecule has 7 nitrogen and oxygen atoms in total. The first kappa shape index (κ1) is 17.7. The fourth-order valence-corrected chi connectivity index (χ4v) is 2.63. The Bertz CT molecular complexity index is 362. The van der Waals surface area contributed by atoms with Crippen LogP contribution in [0.4, 0.5) is 4.79 Å². The molecule has 1 fully saturated rings. The van der Waals surface area contributed by atoms with E-state index < -0.39 is 17.9 Å². The van der Waals surface area contributed by atoms with Crippen molar-refractivity contribution in [3.63, 3.8) is 0 Å². The lowest BCUT2D eigenvalue weighted by Crippen LogP contribution is -2.53. The van der Waals surface area contributed by atoms with E-state index in [1.807, 2.05) is 32.8 Å². The summed E-state index contributed by atoms with van der Waals surface area (Å²) in [7, 11) is 3.88. The third-order valence-corrected chi connectivity index (χ3v) is 3.50. The Hall–Kier alpha value is -1.34. The highest BCUT2D eigenvalue weighted by Gasteiger charge is 2.39. The van der Waals surface area contributed by atoms with Gasteiger partial charge >= 0.3 is 12.0 Å². The first-order valence-corrected chi connectivity index (χ1v) is 7.39. The van der Waals surface area contributed by atoms with E-state index in [2.05, 4.69) is 5.32 Å². The van der Waals surface area contributed by atoms with Gasteiger partial charge in [0.25, 0.3) is 0 Å². The smallest absolute Gasteiger partial charge is 0.318 e. The van der Waals surface area contributed by atoms with Crippen molar-refractivity contribution in [2.24, 2.45) is 5.92 Å². The van der Waals surface area contributed by atoms with Crippen molar-refractivity contribution in [2.45, 2.75) is 32.4 Å². The third-order valence-electron chi connectivity index (χ3n) is 3.50. The number of nitrogens with zero attached hydrogens (tertiary/aromatic N) is 2. The summed E-state index contributed by atoms with van der Waals surface area (Å²) >= 11 is 0. The summed E-state index contributed by atoms with van der Waals surface area (Å²) in [4.78, 5) is 27.3. The first-order chi connectivity index (χ1) is 9.86. The summed E-state index contributed by atoms with van der Waals surface area (Å²) in [6.07, 6.45) is 0.776. The Kier molecular flexibility index (Phi) is 6.91. The first-order valence-electron chi connectivity index (χ1n) is 7.39. The molecule has 1 aliphatic rings. The van der Waals surface area contributed by atoms with Crippen molar-refractivity contribution >= 4 is 12.0 Å². The Morgan fingerprint density at radius 1 is 1.38 bits per heavy atom. The van der Waals surface area contributed by atoms with E-state index in [0.717, 1.165) is 13.0 Å². The van der Waals surface area contributed by atoms with Crippen LogP contribution >= 0.6 is 0 Å². The van der Waals surface area contributed by atoms with Crippen molar-refractivity contribution < 1.29 is 19.4 Å². The Balaban J connectivity index is 2.71. The van der Waals surface area contributed by atoms with Gasteiger partial charge in [-0.05, 0) is 27.4 Å². The molecule has 0 aromatic heterocycles. The molecule has 1 heterocycles. The molecule has 0 aromatic rings. The Morgan fingerprint density at radius 3 is 2.57 bits per heavy atom. The predicted molar refractivity (Wildman–Crippen MR) is 79.3 cm³/mol.